The summed E-state index contributed by atoms with van der Waals surface area (Å²) in [7, 11) is -3.83. The molecule has 0 saturated carbocycles. The summed E-state index contributed by atoms with van der Waals surface area (Å²) in [6.07, 6.45) is -3.58. The van der Waals surface area contributed by atoms with Gasteiger partial charge in [0.25, 0.3) is 0 Å². The standard InChI is InChI=1S/C24H32F3N5O4S/c1-17-16-36-12-11-30(17)14-20-15-31(37(34,35)21-7-8-22(28)29-13-21)9-10-32(20)19-5-3-18(4-6-19)23(2,33)24(25,26)27/h3-8,13,17,20,33H,9-12,14-16H2,1-2H3,(H2,28,29)/t17-,20-,23?/m0/s1. The van der Waals surface area contributed by atoms with Gasteiger partial charge >= 0.3 is 6.18 Å². The van der Waals surface area contributed by atoms with Gasteiger partial charge in [0.05, 0.1) is 19.3 Å². The average Bonchev–Trinajstić information content (AvgIpc) is 2.85. The smallest absolute Gasteiger partial charge is 0.384 e. The Labute approximate surface area is 214 Å². The van der Waals surface area contributed by atoms with E-state index in [-0.39, 0.29) is 41.4 Å². The molecule has 1 aromatic heterocycles. The van der Waals surface area contributed by atoms with Gasteiger partial charge in [-0.1, -0.05) is 12.1 Å². The van der Waals surface area contributed by atoms with Crippen LogP contribution in [0.5, 0.6) is 0 Å². The number of benzene rings is 1. The second kappa shape index (κ2) is 10.4. The van der Waals surface area contributed by atoms with E-state index >= 15 is 0 Å². The molecule has 13 heteroatoms. The Kier molecular flexibility index (Phi) is 7.73. The van der Waals surface area contributed by atoms with Crippen molar-refractivity contribution in [3.63, 3.8) is 0 Å². The van der Waals surface area contributed by atoms with Crippen molar-refractivity contribution in [3.05, 3.63) is 48.2 Å². The fourth-order valence-corrected chi connectivity index (χ4v) is 6.09. The molecule has 2 aliphatic heterocycles. The fraction of sp³-hybridized carbons (Fsp3) is 0.542. The zero-order valence-corrected chi connectivity index (χ0v) is 21.5. The molecule has 3 N–H and O–H groups in total. The Bertz CT molecular complexity index is 1180. The zero-order valence-electron chi connectivity index (χ0n) is 20.7. The topological polar surface area (TPSA) is 112 Å². The fourth-order valence-electron chi connectivity index (χ4n) is 4.68. The molecule has 3 atom stereocenters. The van der Waals surface area contributed by atoms with Gasteiger partial charge in [-0.15, -0.1) is 0 Å². The highest BCUT2D eigenvalue weighted by atomic mass is 32.2. The number of halogens is 3. The number of aromatic nitrogens is 1. The van der Waals surface area contributed by atoms with Crippen LogP contribution >= 0.6 is 0 Å². The van der Waals surface area contributed by atoms with E-state index in [9.17, 15) is 26.7 Å². The first kappa shape index (κ1) is 27.6. The summed E-state index contributed by atoms with van der Waals surface area (Å²) in [5.41, 5.74) is 3.02. The van der Waals surface area contributed by atoms with Crippen LogP contribution < -0.4 is 10.6 Å². The lowest BCUT2D eigenvalue weighted by Gasteiger charge is -2.45. The first-order chi connectivity index (χ1) is 17.3. The summed E-state index contributed by atoms with van der Waals surface area (Å²) in [6.45, 7) is 5.81. The molecular formula is C24H32F3N5O4S. The molecule has 3 heterocycles. The molecular weight excluding hydrogens is 511 g/mol. The van der Waals surface area contributed by atoms with Gasteiger partial charge in [-0.3, -0.25) is 4.90 Å². The second-order valence-electron chi connectivity index (χ2n) is 9.66. The molecule has 0 amide bonds. The van der Waals surface area contributed by atoms with Gasteiger partial charge in [0.2, 0.25) is 10.0 Å². The Hall–Kier alpha value is -2.45. The molecule has 2 aromatic rings. The van der Waals surface area contributed by atoms with Gasteiger partial charge < -0.3 is 20.5 Å². The number of pyridine rings is 1. The minimum absolute atomic E-state index is 0.0485. The van der Waals surface area contributed by atoms with Crippen molar-refractivity contribution in [1.29, 1.82) is 0 Å². The number of nitrogens with two attached hydrogens (primary N) is 1. The summed E-state index contributed by atoms with van der Waals surface area (Å²) in [5.74, 6) is 0.218. The van der Waals surface area contributed by atoms with E-state index < -0.39 is 21.8 Å². The van der Waals surface area contributed by atoms with E-state index in [4.69, 9.17) is 10.5 Å². The first-order valence-electron chi connectivity index (χ1n) is 12.0. The van der Waals surface area contributed by atoms with Gasteiger partial charge in [0.15, 0.2) is 5.60 Å². The number of piperazine rings is 1. The Morgan fingerprint density at radius 1 is 1.14 bits per heavy atom. The second-order valence-corrected chi connectivity index (χ2v) is 11.6. The molecule has 1 unspecified atom stereocenters. The third-order valence-corrected chi connectivity index (χ3v) is 8.95. The van der Waals surface area contributed by atoms with Crippen molar-refractivity contribution in [2.45, 2.75) is 42.6 Å². The Morgan fingerprint density at radius 3 is 2.43 bits per heavy atom. The molecule has 204 valence electrons. The van der Waals surface area contributed by atoms with Crippen molar-refractivity contribution >= 4 is 21.5 Å². The SMILES string of the molecule is C[C@H]1COCCN1C[C@H]1CN(S(=O)(=O)c2ccc(N)nc2)CCN1c1ccc(C(C)(O)C(F)(F)F)cc1. The van der Waals surface area contributed by atoms with Crippen molar-refractivity contribution in [3.8, 4) is 0 Å². The van der Waals surface area contributed by atoms with Crippen LogP contribution in [0.1, 0.15) is 19.4 Å². The number of alkyl halides is 3. The molecule has 0 aliphatic carbocycles. The highest BCUT2D eigenvalue weighted by Crippen LogP contribution is 2.39. The average molecular weight is 544 g/mol. The van der Waals surface area contributed by atoms with Gasteiger partial charge in [-0.05, 0) is 43.7 Å². The molecule has 0 bridgehead atoms. The minimum Gasteiger partial charge on any atom is -0.384 e. The van der Waals surface area contributed by atoms with E-state index in [1.807, 2.05) is 11.8 Å². The predicted octanol–water partition coefficient (Wildman–Crippen LogP) is 2.03. The summed E-state index contributed by atoms with van der Waals surface area (Å²) in [6, 6.07) is 8.33. The monoisotopic (exact) mass is 543 g/mol. The van der Waals surface area contributed by atoms with E-state index in [0.717, 1.165) is 6.92 Å². The molecule has 2 aliphatic rings. The third-order valence-electron chi connectivity index (χ3n) is 7.11. The summed E-state index contributed by atoms with van der Waals surface area (Å²) in [4.78, 5) is 8.20. The molecule has 1 aromatic carbocycles. The maximum atomic E-state index is 13.4. The number of nitrogens with zero attached hydrogens (tertiary/aromatic N) is 4. The van der Waals surface area contributed by atoms with Crippen LogP contribution in [-0.4, -0.2) is 91.9 Å². The van der Waals surface area contributed by atoms with E-state index in [1.54, 1.807) is 12.1 Å². The molecule has 0 spiro atoms. The third kappa shape index (κ3) is 5.70. The quantitative estimate of drug-likeness (QED) is 0.570. The number of hydrogen-bond donors (Lipinski definition) is 2. The summed E-state index contributed by atoms with van der Waals surface area (Å²) < 4.78 is 73.5. The molecule has 2 saturated heterocycles. The molecule has 9 nitrogen and oxygen atoms in total. The van der Waals surface area contributed by atoms with Crippen LogP contribution in [0.3, 0.4) is 0 Å². The number of anilines is 2. The maximum Gasteiger partial charge on any atom is 0.421 e. The number of morpholine rings is 1. The van der Waals surface area contributed by atoms with Crippen LogP contribution in [-0.2, 0) is 20.4 Å². The molecule has 37 heavy (non-hydrogen) atoms. The lowest BCUT2D eigenvalue weighted by atomic mass is 9.95. The number of sulfonamides is 1. The zero-order chi connectivity index (χ0) is 27.0. The van der Waals surface area contributed by atoms with E-state index in [1.165, 1.54) is 34.8 Å². The Morgan fingerprint density at radius 2 is 1.84 bits per heavy atom. The highest BCUT2D eigenvalue weighted by molar-refractivity contribution is 7.89. The number of hydrogen-bond acceptors (Lipinski definition) is 8. The van der Waals surface area contributed by atoms with Crippen molar-refractivity contribution in [2.75, 3.05) is 56.6 Å². The van der Waals surface area contributed by atoms with Crippen LogP contribution in [0.2, 0.25) is 0 Å². The first-order valence-corrected chi connectivity index (χ1v) is 13.4. The van der Waals surface area contributed by atoms with Gasteiger partial charge in [-0.25, -0.2) is 13.4 Å². The lowest BCUT2D eigenvalue weighted by Crippen LogP contribution is -2.60. The summed E-state index contributed by atoms with van der Waals surface area (Å²) >= 11 is 0. The van der Waals surface area contributed by atoms with Crippen LogP contribution in [0, 0.1) is 0 Å². The molecule has 0 radical (unpaired) electrons. The number of aliphatic hydroxyl groups is 1. The van der Waals surface area contributed by atoms with Crippen molar-refractivity contribution in [1.82, 2.24) is 14.2 Å². The lowest BCUT2D eigenvalue weighted by molar-refractivity contribution is -0.258. The predicted molar refractivity (Wildman–Crippen MR) is 132 cm³/mol. The van der Waals surface area contributed by atoms with Gasteiger partial charge in [-0.2, -0.15) is 17.5 Å². The van der Waals surface area contributed by atoms with Crippen LogP contribution in [0.25, 0.3) is 0 Å². The highest BCUT2D eigenvalue weighted by Gasteiger charge is 2.51. The normalized spacial score (nSPS) is 24.1. The van der Waals surface area contributed by atoms with Crippen molar-refractivity contribution < 1.29 is 31.4 Å². The minimum atomic E-state index is -4.82. The van der Waals surface area contributed by atoms with E-state index in [0.29, 0.717) is 38.5 Å². The number of nitrogen functional groups attached to an aromatic ring is 1. The van der Waals surface area contributed by atoms with Crippen LogP contribution in [0.4, 0.5) is 24.7 Å². The van der Waals surface area contributed by atoms with E-state index in [2.05, 4.69) is 9.88 Å². The number of ether oxygens (including phenoxy) is 1. The Balaban J connectivity index is 1.61. The molecule has 4 rings (SSSR count). The largest absolute Gasteiger partial charge is 0.421 e. The molecule has 2 fully saturated rings. The van der Waals surface area contributed by atoms with Crippen molar-refractivity contribution in [2.24, 2.45) is 0 Å². The maximum absolute atomic E-state index is 13.4. The number of rotatable bonds is 6. The van der Waals surface area contributed by atoms with Gasteiger partial charge in [0, 0.05) is 50.6 Å². The van der Waals surface area contributed by atoms with Crippen LogP contribution in [0.15, 0.2) is 47.5 Å². The van der Waals surface area contributed by atoms with Gasteiger partial charge in [0.1, 0.15) is 10.7 Å². The summed E-state index contributed by atoms with van der Waals surface area (Å²) in [5, 5.41) is 10.0.